The number of rotatable bonds is 3. The van der Waals surface area contributed by atoms with Gasteiger partial charge >= 0.3 is 0 Å². The average molecular weight is 306 g/mol. The van der Waals surface area contributed by atoms with Gasteiger partial charge in [0.25, 0.3) is 5.85 Å². The summed E-state index contributed by atoms with van der Waals surface area (Å²) in [7, 11) is 0. The van der Waals surface area contributed by atoms with Crippen LogP contribution in [0.2, 0.25) is 5.02 Å². The number of carbonyl (C=O) groups is 1. The Balaban J connectivity index is 2.13. The molecule has 110 valence electrons. The lowest BCUT2D eigenvalue weighted by molar-refractivity contribution is -0.118. The summed E-state index contributed by atoms with van der Waals surface area (Å²) in [6, 6.07) is 9.09. The van der Waals surface area contributed by atoms with Crippen LogP contribution in [0.25, 0.3) is 0 Å². The molecule has 2 atom stereocenters. The van der Waals surface area contributed by atoms with Crippen molar-refractivity contribution in [1.29, 1.82) is 0 Å². The molecule has 5 nitrogen and oxygen atoms in total. The van der Waals surface area contributed by atoms with Gasteiger partial charge in [0.2, 0.25) is 5.91 Å². The van der Waals surface area contributed by atoms with Gasteiger partial charge < -0.3 is 4.74 Å². The maximum absolute atomic E-state index is 12.3. The van der Waals surface area contributed by atoms with Gasteiger partial charge in [-0.05, 0) is 32.0 Å². The highest BCUT2D eigenvalue weighted by Gasteiger charge is 2.63. The number of ether oxygens (including phenoxy) is 1. The fraction of sp³-hybridized carbons (Fsp3) is 0.333. The third-order valence-corrected chi connectivity index (χ3v) is 3.92. The predicted molar refractivity (Wildman–Crippen MR) is 80.1 cm³/mol. The summed E-state index contributed by atoms with van der Waals surface area (Å²) >= 11 is 6.26. The molecule has 0 radical (unpaired) electrons. The van der Waals surface area contributed by atoms with Crippen molar-refractivity contribution < 1.29 is 9.53 Å². The van der Waals surface area contributed by atoms with Gasteiger partial charge in [-0.25, -0.2) is 4.68 Å². The molecule has 2 heterocycles. The molecule has 0 N–H and O–H groups in total. The molecule has 1 aliphatic rings. The van der Waals surface area contributed by atoms with E-state index >= 15 is 0 Å². The maximum atomic E-state index is 12.3. The van der Waals surface area contributed by atoms with Crippen molar-refractivity contribution in [3.63, 3.8) is 0 Å². The van der Waals surface area contributed by atoms with Gasteiger partial charge in [0.05, 0.1) is 16.4 Å². The molecular formula is C15H16ClN3O2. The van der Waals surface area contributed by atoms with Gasteiger partial charge in [0.15, 0.2) is 0 Å². The summed E-state index contributed by atoms with van der Waals surface area (Å²) < 4.78 is 7.46. The van der Waals surface area contributed by atoms with Crippen LogP contribution in [0, 0.1) is 6.92 Å². The molecule has 1 saturated heterocycles. The average Bonchev–Trinajstić information content (AvgIpc) is 2.88. The van der Waals surface area contributed by atoms with Gasteiger partial charge in [0, 0.05) is 13.1 Å². The van der Waals surface area contributed by atoms with Crippen LogP contribution in [-0.4, -0.2) is 21.8 Å². The van der Waals surface area contributed by atoms with Gasteiger partial charge in [-0.3, -0.25) is 9.69 Å². The normalized spacial score (nSPS) is 23.9. The Morgan fingerprint density at radius 1 is 1.43 bits per heavy atom. The molecule has 1 aliphatic heterocycles. The van der Waals surface area contributed by atoms with Crippen molar-refractivity contribution in [2.45, 2.75) is 32.7 Å². The molecular weight excluding hydrogens is 290 g/mol. The van der Waals surface area contributed by atoms with Crippen LogP contribution < -0.4 is 4.90 Å². The molecule has 1 fully saturated rings. The lowest BCUT2D eigenvalue weighted by atomic mass is 10.2. The summed E-state index contributed by atoms with van der Waals surface area (Å²) in [4.78, 5) is 13.8. The Morgan fingerprint density at radius 3 is 2.57 bits per heavy atom. The highest BCUT2D eigenvalue weighted by Crippen LogP contribution is 2.47. The number of anilines is 1. The molecule has 6 heteroatoms. The zero-order valence-electron chi connectivity index (χ0n) is 12.1. The Labute approximate surface area is 128 Å². The monoisotopic (exact) mass is 305 g/mol. The van der Waals surface area contributed by atoms with Crippen LogP contribution in [0.15, 0.2) is 36.5 Å². The van der Waals surface area contributed by atoms with Crippen LogP contribution in [-0.2, 0) is 15.4 Å². The van der Waals surface area contributed by atoms with E-state index < -0.39 is 5.85 Å². The van der Waals surface area contributed by atoms with Crippen LogP contribution in [0.1, 0.15) is 19.5 Å². The SMILES string of the molecule is CC(=O)N(c1ccccc1Cl)C1(n2ccc(C)n2)OC1C. The molecule has 3 rings (SSSR count). The molecule has 0 saturated carbocycles. The minimum Gasteiger partial charge on any atom is -0.324 e. The Kier molecular flexibility index (Phi) is 3.26. The maximum Gasteiger partial charge on any atom is 0.274 e. The second-order valence-corrected chi connectivity index (χ2v) is 5.53. The second kappa shape index (κ2) is 4.86. The number of para-hydroxylation sites is 1. The molecule has 0 aliphatic carbocycles. The topological polar surface area (TPSA) is 50.7 Å². The third-order valence-electron chi connectivity index (χ3n) is 3.60. The largest absolute Gasteiger partial charge is 0.324 e. The number of nitrogens with zero attached hydrogens (tertiary/aromatic N) is 3. The van der Waals surface area contributed by atoms with Gasteiger partial charge in [-0.1, -0.05) is 23.7 Å². The van der Waals surface area contributed by atoms with E-state index in [1.165, 1.54) is 6.92 Å². The number of amides is 1. The highest BCUT2D eigenvalue weighted by atomic mass is 35.5. The molecule has 2 aromatic rings. The van der Waals surface area contributed by atoms with Crippen LogP contribution in [0.4, 0.5) is 5.69 Å². The van der Waals surface area contributed by atoms with Crippen molar-refractivity contribution >= 4 is 23.2 Å². The number of hydrogen-bond acceptors (Lipinski definition) is 3. The van der Waals surface area contributed by atoms with E-state index in [-0.39, 0.29) is 12.0 Å². The molecule has 1 aromatic heterocycles. The van der Waals surface area contributed by atoms with Crippen molar-refractivity contribution in [2.24, 2.45) is 0 Å². The zero-order valence-corrected chi connectivity index (χ0v) is 12.8. The zero-order chi connectivity index (χ0) is 15.2. The summed E-state index contributed by atoms with van der Waals surface area (Å²) in [5.41, 5.74) is 1.48. The Morgan fingerprint density at radius 2 is 2.10 bits per heavy atom. The minimum absolute atomic E-state index is 0.152. The van der Waals surface area contributed by atoms with Crippen molar-refractivity contribution in [3.8, 4) is 0 Å². The number of hydrogen-bond donors (Lipinski definition) is 0. The summed E-state index contributed by atoms with van der Waals surface area (Å²) in [5.74, 6) is -1.09. The van der Waals surface area contributed by atoms with E-state index in [4.69, 9.17) is 16.3 Å². The smallest absolute Gasteiger partial charge is 0.274 e. The summed E-state index contributed by atoms with van der Waals surface area (Å²) in [5, 5.41) is 4.91. The van der Waals surface area contributed by atoms with Gasteiger partial charge in [0.1, 0.15) is 6.10 Å². The molecule has 0 bridgehead atoms. The first-order valence-electron chi connectivity index (χ1n) is 6.72. The van der Waals surface area contributed by atoms with E-state index in [0.717, 1.165) is 5.69 Å². The Bertz CT molecular complexity index is 700. The van der Waals surface area contributed by atoms with Crippen LogP contribution >= 0.6 is 11.6 Å². The van der Waals surface area contributed by atoms with E-state index in [9.17, 15) is 4.79 Å². The first-order chi connectivity index (χ1) is 9.96. The number of carbonyl (C=O) groups excluding carboxylic acids is 1. The second-order valence-electron chi connectivity index (χ2n) is 5.13. The highest BCUT2D eigenvalue weighted by molar-refractivity contribution is 6.33. The predicted octanol–water partition coefficient (Wildman–Crippen LogP) is 2.93. The third kappa shape index (κ3) is 2.13. The van der Waals surface area contributed by atoms with Crippen LogP contribution in [0.3, 0.4) is 0 Å². The fourth-order valence-corrected chi connectivity index (χ4v) is 2.82. The van der Waals surface area contributed by atoms with E-state index in [2.05, 4.69) is 5.10 Å². The quantitative estimate of drug-likeness (QED) is 0.819. The van der Waals surface area contributed by atoms with Crippen LogP contribution in [0.5, 0.6) is 0 Å². The minimum atomic E-state index is -0.939. The lowest BCUT2D eigenvalue weighted by Crippen LogP contribution is -2.46. The van der Waals surface area contributed by atoms with E-state index in [1.807, 2.05) is 38.2 Å². The molecule has 1 aromatic carbocycles. The molecule has 21 heavy (non-hydrogen) atoms. The van der Waals surface area contributed by atoms with Crippen molar-refractivity contribution in [2.75, 3.05) is 4.90 Å². The number of aryl methyl sites for hydroxylation is 1. The lowest BCUT2D eigenvalue weighted by Gasteiger charge is -2.29. The number of epoxide rings is 1. The first kappa shape index (κ1) is 14.1. The first-order valence-corrected chi connectivity index (χ1v) is 7.10. The fourth-order valence-electron chi connectivity index (χ4n) is 2.60. The van der Waals surface area contributed by atoms with Crippen molar-refractivity contribution in [1.82, 2.24) is 9.78 Å². The summed E-state index contributed by atoms with van der Waals surface area (Å²) in [6.07, 6.45) is 1.64. The van der Waals surface area contributed by atoms with Gasteiger partial charge in [-0.15, -0.1) is 0 Å². The standard InChI is InChI=1S/C15H16ClN3O2/c1-10-8-9-18(17-10)15(11(2)21-15)19(12(3)20)14-7-5-4-6-13(14)16/h4-9,11H,1-3H3. The number of aromatic nitrogens is 2. The molecule has 2 unspecified atom stereocenters. The van der Waals surface area contributed by atoms with E-state index in [0.29, 0.717) is 10.7 Å². The van der Waals surface area contributed by atoms with Crippen molar-refractivity contribution in [3.05, 3.63) is 47.2 Å². The number of halogens is 1. The molecule has 1 amide bonds. The van der Waals surface area contributed by atoms with Gasteiger partial charge in [-0.2, -0.15) is 5.10 Å². The summed E-state index contributed by atoms with van der Waals surface area (Å²) in [6.45, 7) is 5.30. The Hall–Kier alpha value is -1.85. The molecule has 0 spiro atoms. The number of benzene rings is 1. The van der Waals surface area contributed by atoms with E-state index in [1.54, 1.807) is 21.7 Å².